The second kappa shape index (κ2) is 5.31. The molecule has 5 nitrogen and oxygen atoms in total. The van der Waals surface area contributed by atoms with Crippen molar-refractivity contribution in [3.8, 4) is 0 Å². The van der Waals surface area contributed by atoms with E-state index in [-0.39, 0.29) is 11.8 Å². The van der Waals surface area contributed by atoms with Gasteiger partial charge in [0.05, 0.1) is 0 Å². The molecule has 0 saturated carbocycles. The lowest BCUT2D eigenvalue weighted by molar-refractivity contribution is 0.0781. The lowest BCUT2D eigenvalue weighted by Gasteiger charge is -2.16. The van der Waals surface area contributed by atoms with E-state index >= 15 is 0 Å². The van der Waals surface area contributed by atoms with Gasteiger partial charge in [-0.05, 0) is 38.5 Å². The van der Waals surface area contributed by atoms with Gasteiger partial charge in [0.15, 0.2) is 0 Å². The van der Waals surface area contributed by atoms with Crippen LogP contribution < -0.4 is 0 Å². The van der Waals surface area contributed by atoms with Crippen LogP contribution in [0.3, 0.4) is 0 Å². The molecule has 0 spiro atoms. The molecule has 0 N–H and O–H groups in total. The van der Waals surface area contributed by atoms with Crippen LogP contribution in [0.25, 0.3) is 0 Å². The van der Waals surface area contributed by atoms with Crippen LogP contribution in [0.5, 0.6) is 0 Å². The van der Waals surface area contributed by atoms with Gasteiger partial charge >= 0.3 is 0 Å². The molecule has 1 atom stereocenters. The maximum atomic E-state index is 12.5. The van der Waals surface area contributed by atoms with Crippen LogP contribution in [-0.4, -0.2) is 38.4 Å². The second-order valence-electron chi connectivity index (χ2n) is 5.75. The Labute approximate surface area is 124 Å². The molecule has 0 unspecified atom stereocenters. The molecule has 0 aliphatic carbocycles. The summed E-state index contributed by atoms with van der Waals surface area (Å²) in [6, 6.07) is 5.74. The first-order valence-electron chi connectivity index (χ1n) is 7.27. The third-order valence-electron chi connectivity index (χ3n) is 4.00. The Morgan fingerprint density at radius 2 is 2.00 bits per heavy atom. The van der Waals surface area contributed by atoms with E-state index in [1.54, 1.807) is 0 Å². The smallest absolute Gasteiger partial charge is 0.270 e. The van der Waals surface area contributed by atoms with Gasteiger partial charge in [0, 0.05) is 43.6 Å². The molecule has 2 aromatic heterocycles. The number of aromatic nitrogens is 3. The summed E-state index contributed by atoms with van der Waals surface area (Å²) < 4.78 is 1.86. The Hall–Kier alpha value is -2.17. The SMILES string of the molecule is Cc1cc(C)nc([C@H]2CCN(C(=O)c3cccn3C)C2)n1. The number of amides is 1. The monoisotopic (exact) mass is 284 g/mol. The Bertz CT molecular complexity index is 656. The third-order valence-corrected chi connectivity index (χ3v) is 4.00. The van der Waals surface area contributed by atoms with E-state index in [1.165, 1.54) is 0 Å². The minimum absolute atomic E-state index is 0.0920. The molecule has 110 valence electrons. The highest BCUT2D eigenvalue weighted by molar-refractivity contribution is 5.93. The van der Waals surface area contributed by atoms with E-state index in [9.17, 15) is 4.79 Å². The van der Waals surface area contributed by atoms with Gasteiger partial charge in [-0.25, -0.2) is 9.97 Å². The first-order chi connectivity index (χ1) is 10.0. The van der Waals surface area contributed by atoms with Gasteiger partial charge in [-0.1, -0.05) is 0 Å². The van der Waals surface area contributed by atoms with Crippen LogP contribution in [-0.2, 0) is 7.05 Å². The molecule has 3 rings (SSSR count). The highest BCUT2D eigenvalue weighted by Crippen LogP contribution is 2.26. The lowest BCUT2D eigenvalue weighted by atomic mass is 10.1. The average molecular weight is 284 g/mol. The molecule has 5 heteroatoms. The second-order valence-corrected chi connectivity index (χ2v) is 5.75. The number of aryl methyl sites for hydroxylation is 3. The minimum atomic E-state index is 0.0920. The molecule has 0 radical (unpaired) electrons. The van der Waals surface area contributed by atoms with Gasteiger partial charge in [-0.2, -0.15) is 0 Å². The topological polar surface area (TPSA) is 51.0 Å². The molecule has 3 heterocycles. The van der Waals surface area contributed by atoms with Gasteiger partial charge in [-0.3, -0.25) is 4.79 Å². The summed E-state index contributed by atoms with van der Waals surface area (Å²) in [6.45, 7) is 5.44. The standard InChI is InChI=1S/C16H20N4O/c1-11-9-12(2)18-15(17-11)13-6-8-20(10-13)16(21)14-5-4-7-19(14)3/h4-5,7,9,13H,6,8,10H2,1-3H3/t13-/m0/s1. The van der Waals surface area contributed by atoms with E-state index in [2.05, 4.69) is 9.97 Å². The fourth-order valence-corrected chi connectivity index (χ4v) is 2.94. The summed E-state index contributed by atoms with van der Waals surface area (Å²) in [5.74, 6) is 1.21. The molecule has 1 fully saturated rings. The van der Waals surface area contributed by atoms with Crippen molar-refractivity contribution in [2.75, 3.05) is 13.1 Å². The Morgan fingerprint density at radius 3 is 2.62 bits per heavy atom. The van der Waals surface area contributed by atoms with Crippen LogP contribution >= 0.6 is 0 Å². The van der Waals surface area contributed by atoms with Gasteiger partial charge in [0.2, 0.25) is 0 Å². The lowest BCUT2D eigenvalue weighted by Crippen LogP contribution is -2.30. The summed E-state index contributed by atoms with van der Waals surface area (Å²) in [5, 5.41) is 0. The van der Waals surface area contributed by atoms with E-state index < -0.39 is 0 Å². The van der Waals surface area contributed by atoms with E-state index in [0.29, 0.717) is 6.54 Å². The summed E-state index contributed by atoms with van der Waals surface area (Å²) >= 11 is 0. The molecule has 2 aromatic rings. The largest absolute Gasteiger partial charge is 0.347 e. The summed E-state index contributed by atoms with van der Waals surface area (Å²) in [6.07, 6.45) is 2.83. The van der Waals surface area contributed by atoms with Crippen molar-refractivity contribution in [1.29, 1.82) is 0 Å². The molecule has 21 heavy (non-hydrogen) atoms. The first kappa shape index (κ1) is 13.8. The number of carbonyl (C=O) groups excluding carboxylic acids is 1. The maximum absolute atomic E-state index is 12.5. The third kappa shape index (κ3) is 2.68. The van der Waals surface area contributed by atoms with E-state index in [4.69, 9.17) is 0 Å². The van der Waals surface area contributed by atoms with Crippen molar-refractivity contribution >= 4 is 5.91 Å². The first-order valence-corrected chi connectivity index (χ1v) is 7.27. The zero-order valence-corrected chi connectivity index (χ0v) is 12.7. The molecule has 1 saturated heterocycles. The van der Waals surface area contributed by atoms with Crippen LogP contribution in [0.15, 0.2) is 24.4 Å². The number of nitrogens with zero attached hydrogens (tertiary/aromatic N) is 4. The molecule has 0 aromatic carbocycles. The van der Waals surface area contributed by atoms with Crippen molar-refractivity contribution in [3.63, 3.8) is 0 Å². The summed E-state index contributed by atoms with van der Waals surface area (Å²) in [7, 11) is 1.90. The van der Waals surface area contributed by atoms with Crippen molar-refractivity contribution in [3.05, 3.63) is 47.3 Å². The van der Waals surface area contributed by atoms with Gasteiger partial charge in [0.1, 0.15) is 11.5 Å². The zero-order valence-electron chi connectivity index (χ0n) is 12.7. The van der Waals surface area contributed by atoms with E-state index in [0.717, 1.165) is 35.9 Å². The molecular weight excluding hydrogens is 264 g/mol. The zero-order chi connectivity index (χ0) is 15.0. The van der Waals surface area contributed by atoms with Crippen LogP contribution in [0.2, 0.25) is 0 Å². The number of likely N-dealkylation sites (tertiary alicyclic amines) is 1. The average Bonchev–Trinajstić information content (AvgIpc) is 3.05. The van der Waals surface area contributed by atoms with E-state index in [1.807, 2.05) is 54.8 Å². The normalized spacial score (nSPS) is 18.2. The molecule has 1 aliphatic heterocycles. The predicted octanol–water partition coefficient (Wildman–Crippen LogP) is 2.06. The maximum Gasteiger partial charge on any atom is 0.270 e. The van der Waals surface area contributed by atoms with Crippen LogP contribution in [0.4, 0.5) is 0 Å². The van der Waals surface area contributed by atoms with Gasteiger partial charge in [0.25, 0.3) is 5.91 Å². The number of carbonyl (C=O) groups is 1. The fourth-order valence-electron chi connectivity index (χ4n) is 2.94. The quantitative estimate of drug-likeness (QED) is 0.848. The molecule has 1 amide bonds. The predicted molar refractivity (Wildman–Crippen MR) is 80.2 cm³/mol. The fraction of sp³-hybridized carbons (Fsp3) is 0.438. The van der Waals surface area contributed by atoms with Gasteiger partial charge in [-0.15, -0.1) is 0 Å². The van der Waals surface area contributed by atoms with Crippen molar-refractivity contribution in [2.45, 2.75) is 26.2 Å². The van der Waals surface area contributed by atoms with Crippen molar-refractivity contribution in [1.82, 2.24) is 19.4 Å². The summed E-state index contributed by atoms with van der Waals surface area (Å²) in [5.41, 5.74) is 2.71. The van der Waals surface area contributed by atoms with Crippen LogP contribution in [0.1, 0.15) is 40.0 Å². The molecule has 0 bridgehead atoms. The van der Waals surface area contributed by atoms with Gasteiger partial charge < -0.3 is 9.47 Å². The number of hydrogen-bond donors (Lipinski definition) is 0. The Kier molecular flexibility index (Phi) is 3.49. The van der Waals surface area contributed by atoms with Crippen LogP contribution in [0, 0.1) is 13.8 Å². The highest BCUT2D eigenvalue weighted by atomic mass is 16.2. The number of hydrogen-bond acceptors (Lipinski definition) is 3. The molecule has 1 aliphatic rings. The number of rotatable bonds is 2. The molecular formula is C16H20N4O. The van der Waals surface area contributed by atoms with Crippen molar-refractivity contribution in [2.24, 2.45) is 7.05 Å². The Morgan fingerprint density at radius 1 is 1.29 bits per heavy atom. The highest BCUT2D eigenvalue weighted by Gasteiger charge is 2.30. The minimum Gasteiger partial charge on any atom is -0.347 e. The summed E-state index contributed by atoms with van der Waals surface area (Å²) in [4.78, 5) is 23.5. The van der Waals surface area contributed by atoms with Crippen molar-refractivity contribution < 1.29 is 4.79 Å². The Balaban J connectivity index is 1.76.